The van der Waals surface area contributed by atoms with Crippen LogP contribution in [0.2, 0.25) is 0 Å². The number of hydrogen-bond acceptors (Lipinski definition) is 6. The molecule has 1 aliphatic heterocycles. The van der Waals surface area contributed by atoms with Crippen LogP contribution in [0.25, 0.3) is 0 Å². The fourth-order valence-corrected chi connectivity index (χ4v) is 2.72. The van der Waals surface area contributed by atoms with Crippen LogP contribution in [0.3, 0.4) is 0 Å². The van der Waals surface area contributed by atoms with Crippen molar-refractivity contribution >= 4 is 23.3 Å². The van der Waals surface area contributed by atoms with Crippen LogP contribution in [-0.4, -0.2) is 51.3 Å². The predicted octanol–water partition coefficient (Wildman–Crippen LogP) is 0.984. The maximum absolute atomic E-state index is 12.0. The van der Waals surface area contributed by atoms with E-state index in [4.69, 9.17) is 15.2 Å². The molecule has 0 spiro atoms. The molecule has 0 saturated carbocycles. The van der Waals surface area contributed by atoms with Gasteiger partial charge in [-0.2, -0.15) is 0 Å². The van der Waals surface area contributed by atoms with E-state index >= 15 is 0 Å². The van der Waals surface area contributed by atoms with Crippen molar-refractivity contribution in [2.75, 3.05) is 37.5 Å². The molecule has 2 rings (SSSR count). The molecule has 1 aromatic rings. The van der Waals surface area contributed by atoms with Gasteiger partial charge in [0.05, 0.1) is 24.5 Å². The van der Waals surface area contributed by atoms with Crippen molar-refractivity contribution in [1.29, 1.82) is 0 Å². The number of esters is 1. The summed E-state index contributed by atoms with van der Waals surface area (Å²) in [5, 5.41) is 2.64. The normalized spacial score (nSPS) is 21.0. The van der Waals surface area contributed by atoms with Crippen LogP contribution in [0.4, 0.5) is 11.4 Å². The van der Waals surface area contributed by atoms with Crippen LogP contribution >= 0.6 is 0 Å². The number of carbonyl (C=O) groups excluding carboxylic acids is 2. The Kier molecular flexibility index (Phi) is 5.57. The molecule has 1 saturated heterocycles. The van der Waals surface area contributed by atoms with Gasteiger partial charge in [0.15, 0.2) is 0 Å². The van der Waals surface area contributed by atoms with Crippen molar-refractivity contribution in [2.24, 2.45) is 5.73 Å². The molecule has 0 aliphatic carbocycles. The molecule has 2 atom stereocenters. The van der Waals surface area contributed by atoms with Crippen molar-refractivity contribution in [2.45, 2.75) is 25.5 Å². The van der Waals surface area contributed by atoms with Crippen LogP contribution in [0.5, 0.6) is 0 Å². The molecule has 1 heterocycles. The summed E-state index contributed by atoms with van der Waals surface area (Å²) in [7, 11) is 2.96. The second-order valence-corrected chi connectivity index (χ2v) is 5.58. The summed E-state index contributed by atoms with van der Waals surface area (Å²) < 4.78 is 10.2. The average Bonchev–Trinajstić information content (AvgIpc) is 2.54. The lowest BCUT2D eigenvalue weighted by Gasteiger charge is -2.37. The van der Waals surface area contributed by atoms with Crippen molar-refractivity contribution in [3.8, 4) is 0 Å². The van der Waals surface area contributed by atoms with E-state index in [1.165, 1.54) is 14.0 Å². The van der Waals surface area contributed by atoms with Crippen molar-refractivity contribution in [3.63, 3.8) is 0 Å². The number of amides is 1. The Morgan fingerprint density at radius 1 is 1.35 bits per heavy atom. The number of methoxy groups -OCH3 is 2. The van der Waals surface area contributed by atoms with Crippen LogP contribution in [0.15, 0.2) is 18.2 Å². The third-order valence-corrected chi connectivity index (χ3v) is 4.00. The topological polar surface area (TPSA) is 93.9 Å². The van der Waals surface area contributed by atoms with Gasteiger partial charge in [-0.3, -0.25) is 4.79 Å². The minimum Gasteiger partial charge on any atom is -0.465 e. The van der Waals surface area contributed by atoms with Gasteiger partial charge >= 0.3 is 5.97 Å². The Balaban J connectivity index is 2.29. The van der Waals surface area contributed by atoms with Gasteiger partial charge in [0.25, 0.3) is 0 Å². The molecular weight excluding hydrogens is 298 g/mol. The highest BCUT2D eigenvalue weighted by atomic mass is 16.5. The first kappa shape index (κ1) is 17.2. The summed E-state index contributed by atoms with van der Waals surface area (Å²) in [6.07, 6.45) is 0.750. The second-order valence-electron chi connectivity index (χ2n) is 5.58. The Hall–Kier alpha value is -2.12. The number of nitrogens with one attached hydrogen (secondary N) is 1. The van der Waals surface area contributed by atoms with E-state index in [1.807, 2.05) is 6.07 Å². The average molecular weight is 321 g/mol. The maximum atomic E-state index is 12.0. The first-order valence-electron chi connectivity index (χ1n) is 7.49. The number of ether oxygens (including phenoxy) is 2. The van der Waals surface area contributed by atoms with E-state index < -0.39 is 5.97 Å². The predicted molar refractivity (Wildman–Crippen MR) is 87.7 cm³/mol. The molecule has 23 heavy (non-hydrogen) atoms. The third-order valence-electron chi connectivity index (χ3n) is 4.00. The number of hydrogen-bond donors (Lipinski definition) is 2. The molecule has 0 unspecified atom stereocenters. The summed E-state index contributed by atoms with van der Waals surface area (Å²) in [5.41, 5.74) is 7.66. The number of rotatable bonds is 4. The van der Waals surface area contributed by atoms with Gasteiger partial charge in [-0.25, -0.2) is 4.79 Å². The van der Waals surface area contributed by atoms with E-state index in [1.54, 1.807) is 19.2 Å². The zero-order chi connectivity index (χ0) is 17.0. The number of carbonyl (C=O) groups is 2. The molecule has 1 aromatic carbocycles. The quantitative estimate of drug-likeness (QED) is 0.803. The first-order valence-corrected chi connectivity index (χ1v) is 7.49. The summed E-state index contributed by atoms with van der Waals surface area (Å²) in [4.78, 5) is 25.4. The third kappa shape index (κ3) is 4.00. The molecule has 1 fully saturated rings. The molecule has 0 radical (unpaired) electrons. The highest BCUT2D eigenvalue weighted by Crippen LogP contribution is 2.27. The standard InChI is InChI=1S/C16H23N3O4/c1-10(20)18-14-5-4-11(8-12(14)16(21)23-3)19-7-6-13(17)15(9-19)22-2/h4-5,8,13,15H,6-7,9,17H2,1-3H3,(H,18,20)/t13-,15+/m1/s1. The van der Waals surface area contributed by atoms with E-state index in [-0.39, 0.29) is 18.1 Å². The lowest BCUT2D eigenvalue weighted by molar-refractivity contribution is -0.114. The van der Waals surface area contributed by atoms with Gasteiger partial charge in [-0.05, 0) is 24.6 Å². The van der Waals surface area contributed by atoms with Crippen LogP contribution in [0.1, 0.15) is 23.7 Å². The summed E-state index contributed by atoms with van der Waals surface area (Å²) in [6, 6.07) is 5.30. The highest BCUT2D eigenvalue weighted by Gasteiger charge is 2.27. The Morgan fingerprint density at radius 3 is 2.70 bits per heavy atom. The number of nitrogens with two attached hydrogens (primary N) is 1. The van der Waals surface area contributed by atoms with Gasteiger partial charge in [-0.1, -0.05) is 0 Å². The van der Waals surface area contributed by atoms with E-state index in [2.05, 4.69) is 10.2 Å². The fraction of sp³-hybridized carbons (Fsp3) is 0.500. The molecule has 0 aromatic heterocycles. The zero-order valence-corrected chi connectivity index (χ0v) is 13.7. The van der Waals surface area contributed by atoms with Crippen LogP contribution in [0, 0.1) is 0 Å². The Bertz CT molecular complexity index is 591. The smallest absolute Gasteiger partial charge is 0.340 e. The molecule has 7 heteroatoms. The summed E-state index contributed by atoms with van der Waals surface area (Å²) in [5.74, 6) is -0.737. The Morgan fingerprint density at radius 2 is 2.09 bits per heavy atom. The molecule has 126 valence electrons. The largest absolute Gasteiger partial charge is 0.465 e. The van der Waals surface area contributed by atoms with Crippen LogP contribution in [-0.2, 0) is 14.3 Å². The molecular formula is C16H23N3O4. The lowest BCUT2D eigenvalue weighted by Crippen LogP contribution is -2.51. The van der Waals surface area contributed by atoms with Crippen molar-refractivity contribution < 1.29 is 19.1 Å². The van der Waals surface area contributed by atoms with Gasteiger partial charge < -0.3 is 25.4 Å². The number of piperidine rings is 1. The van der Waals surface area contributed by atoms with Crippen molar-refractivity contribution in [1.82, 2.24) is 0 Å². The monoisotopic (exact) mass is 321 g/mol. The molecule has 3 N–H and O–H groups in total. The van der Waals surface area contributed by atoms with Crippen LogP contribution < -0.4 is 16.0 Å². The minimum absolute atomic E-state index is 0.00924. The van der Waals surface area contributed by atoms with Gasteiger partial charge in [0, 0.05) is 38.9 Å². The van der Waals surface area contributed by atoms with Gasteiger partial charge in [-0.15, -0.1) is 0 Å². The van der Waals surface area contributed by atoms with Gasteiger partial charge in [0.2, 0.25) is 5.91 Å². The molecule has 1 amide bonds. The zero-order valence-electron chi connectivity index (χ0n) is 13.7. The van der Waals surface area contributed by atoms with Crippen molar-refractivity contribution in [3.05, 3.63) is 23.8 Å². The van der Waals surface area contributed by atoms with E-state index in [0.717, 1.165) is 18.7 Å². The minimum atomic E-state index is -0.493. The fourth-order valence-electron chi connectivity index (χ4n) is 2.72. The van der Waals surface area contributed by atoms with Gasteiger partial charge in [0.1, 0.15) is 0 Å². The van der Waals surface area contributed by atoms with E-state index in [0.29, 0.717) is 17.8 Å². The Labute approximate surface area is 135 Å². The lowest BCUT2D eigenvalue weighted by atomic mass is 10.0. The summed E-state index contributed by atoms with van der Waals surface area (Å²) >= 11 is 0. The molecule has 1 aliphatic rings. The highest BCUT2D eigenvalue weighted by molar-refractivity contribution is 6.01. The molecule has 7 nitrogen and oxygen atoms in total. The first-order chi connectivity index (χ1) is 11.0. The summed E-state index contributed by atoms with van der Waals surface area (Å²) in [6.45, 7) is 2.82. The van der Waals surface area contributed by atoms with E-state index in [9.17, 15) is 9.59 Å². The number of anilines is 2. The second kappa shape index (κ2) is 7.43. The number of nitrogens with zero attached hydrogens (tertiary/aromatic N) is 1. The number of benzene rings is 1. The SMILES string of the molecule is COC(=O)c1cc(N2CC[C@@H](N)[C@@H](OC)C2)ccc1NC(C)=O. The molecule has 0 bridgehead atoms. The maximum Gasteiger partial charge on any atom is 0.340 e.